The zero-order valence-electron chi connectivity index (χ0n) is 30.5. The number of aromatic nitrogens is 5. The van der Waals surface area contributed by atoms with Crippen LogP contribution in [0.3, 0.4) is 0 Å². The summed E-state index contributed by atoms with van der Waals surface area (Å²) in [7, 11) is -4.83. The fraction of sp³-hybridized carbons (Fsp3) is 0.351. The maximum atomic E-state index is 16.0. The minimum Gasteiger partial charge on any atom is -0.378 e. The number of carbonyl (C=O) groups excluding carboxylic acids is 1. The van der Waals surface area contributed by atoms with Gasteiger partial charge in [-0.05, 0) is 74.4 Å². The monoisotopic (exact) mass is 873 g/mol. The summed E-state index contributed by atoms with van der Waals surface area (Å²) in [5.74, 6) is -7.22. The second kappa shape index (κ2) is 14.2. The van der Waals surface area contributed by atoms with E-state index in [0.29, 0.717) is 10.7 Å². The van der Waals surface area contributed by atoms with Crippen LogP contribution in [0.25, 0.3) is 22.0 Å². The van der Waals surface area contributed by atoms with Crippen molar-refractivity contribution >= 4 is 44.3 Å². The molecule has 7 rings (SSSR count). The molecule has 1 fully saturated rings. The first kappa shape index (κ1) is 41.8. The van der Waals surface area contributed by atoms with Crippen LogP contribution < -0.4 is 10.5 Å². The van der Waals surface area contributed by atoms with Crippen molar-refractivity contribution in [2.24, 2.45) is 18.7 Å². The predicted molar refractivity (Wildman–Crippen MR) is 194 cm³/mol. The van der Waals surface area contributed by atoms with Crippen molar-refractivity contribution in [2.45, 2.75) is 68.0 Å². The zero-order valence-corrected chi connectivity index (χ0v) is 32.1. The van der Waals surface area contributed by atoms with Crippen molar-refractivity contribution in [3.05, 3.63) is 93.0 Å². The summed E-state index contributed by atoms with van der Waals surface area (Å²) in [4.78, 5) is 18.3. The lowest BCUT2D eigenvalue weighted by molar-refractivity contribution is -0.122. The number of pyridine rings is 1. The summed E-state index contributed by atoms with van der Waals surface area (Å²) in [6, 6.07) is 5.15. The van der Waals surface area contributed by atoms with Crippen LogP contribution in [0.4, 0.5) is 45.3 Å². The van der Waals surface area contributed by atoms with Gasteiger partial charge < -0.3 is 10.8 Å². The molecule has 0 saturated heterocycles. The summed E-state index contributed by atoms with van der Waals surface area (Å²) in [5, 5.41) is 17.4. The molecular formula is C37H29ClF9N7O4S. The van der Waals surface area contributed by atoms with E-state index in [1.54, 1.807) is 0 Å². The molecule has 2 aromatic carbocycles. The van der Waals surface area contributed by atoms with Crippen LogP contribution in [-0.2, 0) is 34.2 Å². The van der Waals surface area contributed by atoms with Gasteiger partial charge in [0.25, 0.3) is 12.3 Å². The van der Waals surface area contributed by atoms with E-state index in [0.717, 1.165) is 22.9 Å². The largest absolute Gasteiger partial charge is 0.516 e. The molecule has 2 aliphatic rings. The molecule has 59 heavy (non-hydrogen) atoms. The second-order valence-electron chi connectivity index (χ2n) is 14.7. The third-order valence-electron chi connectivity index (χ3n) is 9.97. The third kappa shape index (κ3) is 7.46. The number of benzene rings is 2. The van der Waals surface area contributed by atoms with E-state index in [9.17, 15) is 49.1 Å². The lowest BCUT2D eigenvalue weighted by atomic mass is 9.84. The van der Waals surface area contributed by atoms with Crippen LogP contribution in [0.15, 0.2) is 42.5 Å². The van der Waals surface area contributed by atoms with Crippen molar-refractivity contribution in [1.29, 1.82) is 0 Å². The predicted octanol–water partition coefficient (Wildman–Crippen LogP) is 7.35. The van der Waals surface area contributed by atoms with Crippen molar-refractivity contribution in [3.63, 3.8) is 0 Å². The number of sulfonamides is 1. The summed E-state index contributed by atoms with van der Waals surface area (Å²) in [5.41, 5.74) is -4.86. The standard InChI is InChI=1S/C37H29ClF9N7O4S/c1-35(2,56)9-8-18-4-5-19(20-6-7-24(38)26-29(20)53(3)51-34(26)52-59(57,58)37(45,46)47)27(49-18)22(12-15-10-16(39)13-17(40)11-15)30(33(48)55)54-31-25(28(50-54)32(41)42)21-14-23(21)36(31,43)44/h4-7,10-11,13,21-23,30,32,56H,12,14H2,1-3H3,(H2,48,55)(H,51,52)/t21-,22+,23+,30?/m0/s1. The van der Waals surface area contributed by atoms with Gasteiger partial charge in [-0.15, -0.1) is 0 Å². The normalized spacial score (nSPS) is 18.3. The van der Waals surface area contributed by atoms with E-state index < -0.39 is 104 Å². The number of fused-ring (bicyclic) bond motifs is 4. The van der Waals surface area contributed by atoms with E-state index >= 15 is 8.78 Å². The molecule has 0 bridgehead atoms. The molecule has 4 N–H and O–H groups in total. The molecule has 0 spiro atoms. The Bertz CT molecular complexity index is 2720. The van der Waals surface area contributed by atoms with Gasteiger partial charge in [-0.25, -0.2) is 27.2 Å². The second-order valence-corrected chi connectivity index (χ2v) is 16.8. The molecule has 4 atom stereocenters. The summed E-state index contributed by atoms with van der Waals surface area (Å²) >= 11 is 6.42. The maximum absolute atomic E-state index is 16.0. The molecule has 1 saturated carbocycles. The highest BCUT2D eigenvalue weighted by Gasteiger charge is 2.67. The molecule has 5 aromatic rings. The number of nitrogens with one attached hydrogen (secondary N) is 1. The van der Waals surface area contributed by atoms with Crippen LogP contribution in [0.2, 0.25) is 5.02 Å². The molecule has 22 heteroatoms. The maximum Gasteiger partial charge on any atom is 0.516 e. The van der Waals surface area contributed by atoms with Crippen molar-refractivity contribution in [2.75, 3.05) is 4.72 Å². The van der Waals surface area contributed by atoms with Gasteiger partial charge in [-0.1, -0.05) is 23.6 Å². The lowest BCUT2D eigenvalue weighted by Gasteiger charge is -2.29. The number of hydrogen-bond acceptors (Lipinski definition) is 7. The topological polar surface area (TPSA) is 158 Å². The molecule has 3 heterocycles. The number of anilines is 1. The van der Waals surface area contributed by atoms with Crippen LogP contribution in [-0.4, -0.2) is 55.1 Å². The van der Waals surface area contributed by atoms with Crippen LogP contribution in [0.1, 0.15) is 78.5 Å². The van der Waals surface area contributed by atoms with Crippen LogP contribution in [0, 0.1) is 29.4 Å². The Morgan fingerprint density at radius 1 is 1.07 bits per heavy atom. The Morgan fingerprint density at radius 2 is 1.71 bits per heavy atom. The summed E-state index contributed by atoms with van der Waals surface area (Å²) in [6.07, 6.45) is -4.18. The smallest absolute Gasteiger partial charge is 0.378 e. The molecule has 0 aliphatic heterocycles. The highest BCUT2D eigenvalue weighted by Crippen LogP contribution is 2.68. The van der Waals surface area contributed by atoms with Gasteiger partial charge in [0.2, 0.25) is 5.91 Å². The van der Waals surface area contributed by atoms with Crippen LogP contribution >= 0.6 is 11.6 Å². The lowest BCUT2D eigenvalue weighted by Crippen LogP contribution is -2.37. The van der Waals surface area contributed by atoms with Gasteiger partial charge in [0, 0.05) is 41.6 Å². The third-order valence-corrected chi connectivity index (χ3v) is 11.4. The van der Waals surface area contributed by atoms with Crippen molar-refractivity contribution in [1.82, 2.24) is 24.5 Å². The van der Waals surface area contributed by atoms with Gasteiger partial charge in [0.15, 0.2) is 5.82 Å². The Hall–Kier alpha value is -5.33. The van der Waals surface area contributed by atoms with E-state index in [1.807, 2.05) is 0 Å². The van der Waals surface area contributed by atoms with Crippen LogP contribution in [0.5, 0.6) is 0 Å². The molecule has 3 aromatic heterocycles. The van der Waals surface area contributed by atoms with E-state index in [2.05, 4.69) is 27.0 Å². The number of nitrogens with two attached hydrogens (primary N) is 1. The van der Waals surface area contributed by atoms with Gasteiger partial charge in [0.1, 0.15) is 40.4 Å². The Labute approximate surface area is 333 Å². The minimum atomic E-state index is -6.05. The summed E-state index contributed by atoms with van der Waals surface area (Å²) in [6.45, 7) is 2.67. The average Bonchev–Trinajstić information content (AvgIpc) is 3.63. The van der Waals surface area contributed by atoms with Gasteiger partial charge in [-0.3, -0.25) is 14.2 Å². The van der Waals surface area contributed by atoms with Gasteiger partial charge in [0.05, 0.1) is 21.6 Å². The number of hydrogen-bond donors (Lipinski definition) is 3. The quantitative estimate of drug-likeness (QED) is 0.0979. The molecule has 1 amide bonds. The minimum absolute atomic E-state index is 0.0365. The Kier molecular flexibility index (Phi) is 10.0. The highest BCUT2D eigenvalue weighted by molar-refractivity contribution is 7.93. The summed E-state index contributed by atoms with van der Waals surface area (Å²) < 4.78 is 158. The first-order valence-electron chi connectivity index (χ1n) is 17.3. The van der Waals surface area contributed by atoms with Crippen molar-refractivity contribution in [3.8, 4) is 23.0 Å². The first-order chi connectivity index (χ1) is 27.3. The fourth-order valence-electron chi connectivity index (χ4n) is 7.57. The molecule has 11 nitrogen and oxygen atoms in total. The number of primary amides is 1. The first-order valence-corrected chi connectivity index (χ1v) is 19.2. The van der Waals surface area contributed by atoms with Crippen molar-refractivity contribution < 1.29 is 57.8 Å². The average molecular weight is 874 g/mol. The highest BCUT2D eigenvalue weighted by atomic mass is 35.5. The number of aliphatic hydroxyl groups is 1. The molecule has 312 valence electrons. The molecule has 0 radical (unpaired) electrons. The Balaban J connectivity index is 1.55. The molecular weight excluding hydrogens is 845 g/mol. The number of nitrogens with zero attached hydrogens (tertiary/aromatic N) is 5. The van der Waals surface area contributed by atoms with Gasteiger partial charge in [-0.2, -0.15) is 40.6 Å². The fourth-order valence-corrected chi connectivity index (χ4v) is 8.32. The number of rotatable bonds is 10. The number of amides is 1. The number of carbonyl (C=O) groups is 1. The number of alkyl halides is 7. The van der Waals surface area contributed by atoms with E-state index in [4.69, 9.17) is 17.3 Å². The number of halogens is 10. The number of aryl methyl sites for hydroxylation is 1. The zero-order chi connectivity index (χ0) is 43.3. The van der Waals surface area contributed by atoms with E-state index in [-0.39, 0.29) is 50.4 Å². The molecule has 1 unspecified atom stereocenters. The Morgan fingerprint density at radius 3 is 2.31 bits per heavy atom. The van der Waals surface area contributed by atoms with E-state index in [1.165, 1.54) is 43.8 Å². The van der Waals surface area contributed by atoms with Gasteiger partial charge >= 0.3 is 15.5 Å². The SMILES string of the molecule is Cn1nc(NS(=O)(=O)C(F)(F)F)c2c(Cl)ccc(-c3ccc(C#CC(C)(C)O)nc3[C@@H](Cc3cc(F)cc(F)c3)C(C(N)=O)n3nc(C(F)F)c4c3C(F)(F)[C@@H]3C[C@H]43)c21. The molecule has 2 aliphatic carbocycles.